The van der Waals surface area contributed by atoms with E-state index in [0.29, 0.717) is 16.9 Å². The summed E-state index contributed by atoms with van der Waals surface area (Å²) < 4.78 is 6.40. The van der Waals surface area contributed by atoms with Gasteiger partial charge in [-0.1, -0.05) is 30.7 Å². The average molecular weight is 435 g/mol. The van der Waals surface area contributed by atoms with Crippen LogP contribution in [-0.4, -0.2) is 26.0 Å². The maximum Gasteiger partial charge on any atom is 0.177 e. The maximum absolute atomic E-state index is 6.40. The summed E-state index contributed by atoms with van der Waals surface area (Å²) in [5.74, 6) is 3.10. The van der Waals surface area contributed by atoms with Gasteiger partial charge in [-0.15, -0.1) is 0 Å². The van der Waals surface area contributed by atoms with Crippen LogP contribution in [0.15, 0.2) is 48.8 Å². The van der Waals surface area contributed by atoms with Crippen molar-refractivity contribution in [1.29, 1.82) is 0 Å². The Labute approximate surface area is 187 Å². The van der Waals surface area contributed by atoms with Crippen molar-refractivity contribution in [2.75, 3.05) is 0 Å². The lowest BCUT2D eigenvalue weighted by Gasteiger charge is -2.31. The molecule has 4 aromatic rings. The molecule has 1 saturated carbocycles. The van der Waals surface area contributed by atoms with Gasteiger partial charge in [-0.2, -0.15) is 0 Å². The molecule has 3 aromatic heterocycles. The second-order valence-corrected chi connectivity index (χ2v) is 9.01. The summed E-state index contributed by atoms with van der Waals surface area (Å²) >= 11 is 6.08. The Morgan fingerprint density at radius 2 is 1.97 bits per heavy atom. The van der Waals surface area contributed by atoms with E-state index in [0.717, 1.165) is 59.3 Å². The lowest BCUT2D eigenvalue weighted by molar-refractivity contribution is 0.127. The van der Waals surface area contributed by atoms with Crippen LogP contribution in [0.3, 0.4) is 0 Å². The highest BCUT2D eigenvalue weighted by molar-refractivity contribution is 6.31. The molecule has 5 rings (SSSR count). The van der Waals surface area contributed by atoms with Gasteiger partial charge >= 0.3 is 0 Å². The molecule has 3 heterocycles. The van der Waals surface area contributed by atoms with E-state index < -0.39 is 0 Å². The van der Waals surface area contributed by atoms with Crippen LogP contribution in [0.4, 0.5) is 0 Å². The summed E-state index contributed by atoms with van der Waals surface area (Å²) in [5, 5.41) is 1.73. The summed E-state index contributed by atoms with van der Waals surface area (Å²) in [4.78, 5) is 17.0. The Bertz CT molecular complexity index is 1180. The van der Waals surface area contributed by atoms with Crippen molar-refractivity contribution < 1.29 is 4.74 Å². The van der Waals surface area contributed by atoms with Crippen molar-refractivity contribution in [3.05, 3.63) is 59.6 Å². The van der Waals surface area contributed by atoms with Crippen LogP contribution in [0.5, 0.6) is 5.75 Å². The number of pyridine rings is 2. The number of hydrogen-bond donors (Lipinski definition) is 1. The molecule has 6 heteroatoms. The van der Waals surface area contributed by atoms with E-state index in [1.165, 1.54) is 12.8 Å². The predicted molar refractivity (Wildman–Crippen MR) is 125 cm³/mol. The zero-order chi connectivity index (χ0) is 21.2. The Morgan fingerprint density at radius 3 is 2.81 bits per heavy atom. The fourth-order valence-electron chi connectivity index (χ4n) is 4.80. The number of nitrogens with one attached hydrogen (secondary N) is 1. The SMILES string of the molecule is CCC(CC1CCC(Oc2ccnc3ccccc23)CC1)c1nc2ncc(Cl)cc2[nH]1. The zero-order valence-corrected chi connectivity index (χ0v) is 18.5. The normalized spacial score (nSPS) is 20.2. The van der Waals surface area contributed by atoms with Crippen molar-refractivity contribution in [2.45, 2.75) is 57.5 Å². The topological polar surface area (TPSA) is 63.7 Å². The largest absolute Gasteiger partial charge is 0.490 e. The maximum atomic E-state index is 6.40. The number of para-hydroxylation sites is 1. The van der Waals surface area contributed by atoms with E-state index >= 15 is 0 Å². The fraction of sp³-hybridized carbons (Fsp3) is 0.400. The number of rotatable bonds is 6. The van der Waals surface area contributed by atoms with Crippen LogP contribution in [0, 0.1) is 5.92 Å². The second-order valence-electron chi connectivity index (χ2n) is 8.57. The third-order valence-corrected chi connectivity index (χ3v) is 6.72. The van der Waals surface area contributed by atoms with E-state index in [1.54, 1.807) is 6.20 Å². The quantitative estimate of drug-likeness (QED) is 0.367. The lowest BCUT2D eigenvalue weighted by Crippen LogP contribution is -2.25. The molecule has 0 saturated heterocycles. The van der Waals surface area contributed by atoms with Gasteiger partial charge in [-0.3, -0.25) is 4.98 Å². The number of benzene rings is 1. The van der Waals surface area contributed by atoms with E-state index in [2.05, 4.69) is 27.9 Å². The van der Waals surface area contributed by atoms with Crippen molar-refractivity contribution in [3.8, 4) is 5.75 Å². The van der Waals surface area contributed by atoms with E-state index in [4.69, 9.17) is 21.3 Å². The fourth-order valence-corrected chi connectivity index (χ4v) is 4.96. The number of imidazole rings is 1. The summed E-state index contributed by atoms with van der Waals surface area (Å²) in [6.07, 6.45) is 10.5. The molecular formula is C25H27ClN4O. The van der Waals surface area contributed by atoms with Gasteiger partial charge in [0.25, 0.3) is 0 Å². The Kier molecular flexibility index (Phi) is 5.77. The molecule has 1 fully saturated rings. The number of H-pyrrole nitrogens is 1. The van der Waals surface area contributed by atoms with Crippen LogP contribution in [0.2, 0.25) is 5.02 Å². The molecule has 1 aliphatic carbocycles. The molecule has 0 amide bonds. The highest BCUT2D eigenvalue weighted by Gasteiger charge is 2.26. The van der Waals surface area contributed by atoms with Crippen molar-refractivity contribution >= 4 is 33.7 Å². The van der Waals surface area contributed by atoms with Crippen molar-refractivity contribution in [2.24, 2.45) is 5.92 Å². The molecule has 1 aliphatic rings. The van der Waals surface area contributed by atoms with Crippen LogP contribution >= 0.6 is 11.6 Å². The number of nitrogens with zero attached hydrogens (tertiary/aromatic N) is 3. The van der Waals surface area contributed by atoms with Crippen molar-refractivity contribution in [3.63, 3.8) is 0 Å². The monoisotopic (exact) mass is 434 g/mol. The number of ether oxygens (including phenoxy) is 1. The smallest absolute Gasteiger partial charge is 0.177 e. The van der Waals surface area contributed by atoms with E-state index in [-0.39, 0.29) is 6.10 Å². The first-order valence-corrected chi connectivity index (χ1v) is 11.6. The molecule has 1 atom stereocenters. The van der Waals surface area contributed by atoms with Crippen LogP contribution < -0.4 is 4.74 Å². The Hall–Kier alpha value is -2.66. The lowest BCUT2D eigenvalue weighted by atomic mass is 9.80. The van der Waals surface area contributed by atoms with Crippen LogP contribution in [0.1, 0.15) is 57.2 Å². The van der Waals surface area contributed by atoms with Crippen molar-refractivity contribution in [1.82, 2.24) is 19.9 Å². The number of aromatic nitrogens is 4. The van der Waals surface area contributed by atoms with Gasteiger partial charge in [0.2, 0.25) is 0 Å². The molecular weight excluding hydrogens is 408 g/mol. The first-order valence-electron chi connectivity index (χ1n) is 11.2. The summed E-state index contributed by atoms with van der Waals surface area (Å²) in [5.41, 5.74) is 2.66. The van der Waals surface area contributed by atoms with Gasteiger partial charge in [0.1, 0.15) is 11.6 Å². The van der Waals surface area contributed by atoms with Gasteiger partial charge in [0.05, 0.1) is 22.2 Å². The second kappa shape index (κ2) is 8.83. The van der Waals surface area contributed by atoms with Crippen LogP contribution in [-0.2, 0) is 0 Å². The van der Waals surface area contributed by atoms with E-state index in [9.17, 15) is 0 Å². The molecule has 1 aromatic carbocycles. The van der Waals surface area contributed by atoms with Gasteiger partial charge in [0.15, 0.2) is 5.65 Å². The first kappa shape index (κ1) is 20.3. The molecule has 0 aliphatic heterocycles. The molecule has 0 spiro atoms. The Morgan fingerprint density at radius 1 is 1.13 bits per heavy atom. The molecule has 160 valence electrons. The minimum atomic E-state index is 0.277. The molecule has 31 heavy (non-hydrogen) atoms. The third kappa shape index (κ3) is 4.38. The van der Waals surface area contributed by atoms with E-state index in [1.807, 2.05) is 36.5 Å². The van der Waals surface area contributed by atoms with Gasteiger partial charge in [0, 0.05) is 23.7 Å². The molecule has 5 nitrogen and oxygen atoms in total. The first-order chi connectivity index (χ1) is 15.2. The zero-order valence-electron chi connectivity index (χ0n) is 17.7. The summed E-state index contributed by atoms with van der Waals surface area (Å²) in [6, 6.07) is 12.1. The van der Waals surface area contributed by atoms with Gasteiger partial charge in [-0.05, 0) is 68.7 Å². The molecule has 1 unspecified atom stereocenters. The number of halogens is 1. The highest BCUT2D eigenvalue weighted by atomic mass is 35.5. The number of aromatic amines is 1. The summed E-state index contributed by atoms with van der Waals surface area (Å²) in [6.45, 7) is 2.24. The Balaban J connectivity index is 1.21. The third-order valence-electron chi connectivity index (χ3n) is 6.52. The minimum absolute atomic E-state index is 0.277. The summed E-state index contributed by atoms with van der Waals surface area (Å²) in [7, 11) is 0. The predicted octanol–water partition coefficient (Wildman–Crippen LogP) is 6.68. The number of fused-ring (bicyclic) bond motifs is 2. The average Bonchev–Trinajstić information content (AvgIpc) is 3.22. The van der Waals surface area contributed by atoms with Gasteiger partial charge in [-0.25, -0.2) is 9.97 Å². The minimum Gasteiger partial charge on any atom is -0.490 e. The number of hydrogen-bond acceptors (Lipinski definition) is 4. The molecule has 0 radical (unpaired) electrons. The molecule has 0 bridgehead atoms. The standard InChI is InChI=1S/C25H27ClN4O/c1-2-17(24-29-22-14-18(26)15-28-25(22)30-24)13-16-7-9-19(10-8-16)31-23-11-12-27-21-6-4-3-5-20(21)23/h3-6,11-12,14-17,19H,2,7-10,13H2,1H3,(H,28,29,30). The van der Waals surface area contributed by atoms with Crippen LogP contribution in [0.25, 0.3) is 22.1 Å². The van der Waals surface area contributed by atoms with Gasteiger partial charge < -0.3 is 9.72 Å². The molecule has 1 N–H and O–H groups in total. The highest BCUT2D eigenvalue weighted by Crippen LogP contribution is 2.36.